The molecule has 0 aromatic rings. The van der Waals surface area contributed by atoms with E-state index in [1.165, 1.54) is 19.3 Å². The molecule has 0 aromatic carbocycles. The van der Waals surface area contributed by atoms with Gasteiger partial charge < -0.3 is 20.7 Å². The van der Waals surface area contributed by atoms with Crippen LogP contribution in [0.5, 0.6) is 0 Å². The van der Waals surface area contributed by atoms with Gasteiger partial charge in [0.25, 0.3) is 0 Å². The number of nitrogens with zero attached hydrogens (tertiary/aromatic N) is 1. The fourth-order valence-corrected chi connectivity index (χ4v) is 3.75. The summed E-state index contributed by atoms with van der Waals surface area (Å²) in [7, 11) is 0. The average Bonchev–Trinajstić information content (AvgIpc) is 2.75. The van der Waals surface area contributed by atoms with Gasteiger partial charge in [-0.05, 0) is 31.1 Å². The Morgan fingerprint density at radius 1 is 1.35 bits per heavy atom. The number of hydrogen-bond acceptors (Lipinski definition) is 3. The molecule has 2 heterocycles. The Morgan fingerprint density at radius 3 is 2.60 bits per heavy atom. The highest BCUT2D eigenvalue weighted by atomic mass is 16.5. The van der Waals surface area contributed by atoms with Crippen LogP contribution in [0.15, 0.2) is 0 Å². The molecule has 0 radical (unpaired) electrons. The van der Waals surface area contributed by atoms with Crippen molar-refractivity contribution in [3.05, 3.63) is 0 Å². The Hall–Kier alpha value is -0.810. The summed E-state index contributed by atoms with van der Waals surface area (Å²) >= 11 is 0. The molecule has 1 atom stereocenters. The Morgan fingerprint density at radius 2 is 2.05 bits per heavy atom. The van der Waals surface area contributed by atoms with Crippen LogP contribution in [0.2, 0.25) is 0 Å². The Balaban J connectivity index is 1.50. The van der Waals surface area contributed by atoms with E-state index in [-0.39, 0.29) is 22.9 Å². The molecular weight excluding hydrogens is 254 g/mol. The van der Waals surface area contributed by atoms with E-state index in [9.17, 15) is 4.79 Å². The van der Waals surface area contributed by atoms with Gasteiger partial charge >= 0.3 is 6.03 Å². The van der Waals surface area contributed by atoms with Crippen LogP contribution in [0.3, 0.4) is 0 Å². The molecule has 1 unspecified atom stereocenters. The van der Waals surface area contributed by atoms with E-state index in [0.29, 0.717) is 6.54 Å². The van der Waals surface area contributed by atoms with E-state index >= 15 is 0 Å². The second kappa shape index (κ2) is 5.19. The zero-order chi connectivity index (χ0) is 14.2. The standard InChI is InChI=1S/C15H27N3O2/c1-14(5-7-20-8-6-14)10-17-13(19)18-9-12(16)15(11-18)3-2-4-15/h12H,2-11,16H2,1H3,(H,17,19). The second-order valence-electron chi connectivity index (χ2n) is 7.28. The quantitative estimate of drug-likeness (QED) is 0.802. The number of ether oxygens (including phenoxy) is 1. The Bertz CT molecular complexity index is 375. The number of likely N-dealkylation sites (tertiary alicyclic amines) is 1. The molecule has 5 heteroatoms. The minimum Gasteiger partial charge on any atom is -0.381 e. The zero-order valence-electron chi connectivity index (χ0n) is 12.5. The molecule has 2 saturated heterocycles. The fraction of sp³-hybridized carbons (Fsp3) is 0.933. The number of nitrogens with one attached hydrogen (secondary N) is 1. The summed E-state index contributed by atoms with van der Waals surface area (Å²) in [4.78, 5) is 14.3. The van der Waals surface area contributed by atoms with E-state index in [4.69, 9.17) is 10.5 Å². The lowest BCUT2D eigenvalue weighted by Crippen LogP contribution is -2.46. The maximum absolute atomic E-state index is 12.3. The van der Waals surface area contributed by atoms with Gasteiger partial charge in [0, 0.05) is 44.3 Å². The third kappa shape index (κ3) is 2.53. The van der Waals surface area contributed by atoms with Crippen molar-refractivity contribution in [1.82, 2.24) is 10.2 Å². The average molecular weight is 281 g/mol. The molecule has 3 fully saturated rings. The van der Waals surface area contributed by atoms with Crippen molar-refractivity contribution in [2.75, 3.05) is 32.8 Å². The largest absolute Gasteiger partial charge is 0.381 e. The predicted molar refractivity (Wildman–Crippen MR) is 77.4 cm³/mol. The molecule has 20 heavy (non-hydrogen) atoms. The molecule has 0 bridgehead atoms. The molecule has 1 aliphatic carbocycles. The number of amides is 2. The first-order valence-corrected chi connectivity index (χ1v) is 7.89. The predicted octanol–water partition coefficient (Wildman–Crippen LogP) is 1.33. The lowest BCUT2D eigenvalue weighted by molar-refractivity contribution is 0.0246. The van der Waals surface area contributed by atoms with E-state index in [1.54, 1.807) is 0 Å². The highest BCUT2D eigenvalue weighted by Gasteiger charge is 2.49. The van der Waals surface area contributed by atoms with Crippen LogP contribution in [-0.2, 0) is 4.74 Å². The Kier molecular flexibility index (Phi) is 3.67. The molecule has 3 aliphatic rings. The lowest BCUT2D eigenvalue weighted by atomic mass is 9.66. The van der Waals surface area contributed by atoms with Crippen LogP contribution in [0, 0.1) is 10.8 Å². The van der Waals surface area contributed by atoms with Gasteiger partial charge in [-0.1, -0.05) is 13.3 Å². The lowest BCUT2D eigenvalue weighted by Gasteiger charge is -2.41. The van der Waals surface area contributed by atoms with Crippen molar-refractivity contribution in [2.45, 2.75) is 45.1 Å². The maximum atomic E-state index is 12.3. The highest BCUT2D eigenvalue weighted by Crippen LogP contribution is 2.47. The first-order chi connectivity index (χ1) is 9.53. The van der Waals surface area contributed by atoms with Crippen LogP contribution < -0.4 is 11.1 Å². The summed E-state index contributed by atoms with van der Waals surface area (Å²) in [5.41, 5.74) is 6.65. The minimum absolute atomic E-state index is 0.0666. The molecule has 0 aromatic heterocycles. The highest BCUT2D eigenvalue weighted by molar-refractivity contribution is 5.74. The van der Waals surface area contributed by atoms with Gasteiger partial charge in [0.2, 0.25) is 0 Å². The molecule has 1 spiro atoms. The topological polar surface area (TPSA) is 67.6 Å². The maximum Gasteiger partial charge on any atom is 0.317 e. The fourth-order valence-electron chi connectivity index (χ4n) is 3.75. The smallest absolute Gasteiger partial charge is 0.317 e. The van der Waals surface area contributed by atoms with Gasteiger partial charge in [-0.25, -0.2) is 4.79 Å². The zero-order valence-corrected chi connectivity index (χ0v) is 12.5. The van der Waals surface area contributed by atoms with Crippen molar-refractivity contribution < 1.29 is 9.53 Å². The van der Waals surface area contributed by atoms with E-state index in [1.807, 2.05) is 4.90 Å². The van der Waals surface area contributed by atoms with Crippen molar-refractivity contribution in [3.8, 4) is 0 Å². The number of nitrogens with two attached hydrogens (primary N) is 1. The molecule has 3 N–H and O–H groups in total. The number of rotatable bonds is 2. The van der Waals surface area contributed by atoms with Crippen molar-refractivity contribution >= 4 is 6.03 Å². The van der Waals surface area contributed by atoms with Crippen molar-refractivity contribution in [1.29, 1.82) is 0 Å². The van der Waals surface area contributed by atoms with E-state index < -0.39 is 0 Å². The van der Waals surface area contributed by atoms with Crippen LogP contribution in [-0.4, -0.2) is 49.8 Å². The second-order valence-corrected chi connectivity index (χ2v) is 7.28. The summed E-state index contributed by atoms with van der Waals surface area (Å²) in [6, 6.07) is 0.234. The molecule has 1 saturated carbocycles. The summed E-state index contributed by atoms with van der Waals surface area (Å²) in [6.07, 6.45) is 5.69. The summed E-state index contributed by atoms with van der Waals surface area (Å²) in [6.45, 7) is 6.16. The van der Waals surface area contributed by atoms with Gasteiger partial charge in [0.1, 0.15) is 0 Å². The van der Waals surface area contributed by atoms with Gasteiger partial charge in [0.05, 0.1) is 0 Å². The van der Waals surface area contributed by atoms with Gasteiger partial charge in [0.15, 0.2) is 0 Å². The van der Waals surface area contributed by atoms with Crippen LogP contribution in [0.25, 0.3) is 0 Å². The number of carbonyl (C=O) groups is 1. The van der Waals surface area contributed by atoms with Crippen LogP contribution in [0.4, 0.5) is 4.79 Å². The van der Waals surface area contributed by atoms with Gasteiger partial charge in [-0.15, -0.1) is 0 Å². The number of hydrogen-bond donors (Lipinski definition) is 2. The third-order valence-electron chi connectivity index (χ3n) is 5.71. The van der Waals surface area contributed by atoms with Crippen LogP contribution >= 0.6 is 0 Å². The molecule has 5 nitrogen and oxygen atoms in total. The first-order valence-electron chi connectivity index (χ1n) is 7.89. The third-order valence-corrected chi connectivity index (χ3v) is 5.71. The number of urea groups is 1. The van der Waals surface area contributed by atoms with E-state index in [0.717, 1.165) is 39.1 Å². The number of carbonyl (C=O) groups excluding carboxylic acids is 1. The summed E-state index contributed by atoms with van der Waals surface area (Å²) in [5.74, 6) is 0. The monoisotopic (exact) mass is 281 g/mol. The molecule has 3 rings (SSSR count). The van der Waals surface area contributed by atoms with E-state index in [2.05, 4.69) is 12.2 Å². The van der Waals surface area contributed by atoms with Crippen LogP contribution in [0.1, 0.15) is 39.0 Å². The molecule has 2 aliphatic heterocycles. The van der Waals surface area contributed by atoms with Crippen molar-refractivity contribution in [3.63, 3.8) is 0 Å². The Labute approximate surface area is 121 Å². The molecular formula is C15H27N3O2. The molecule has 114 valence electrons. The molecule has 2 amide bonds. The normalized spacial score (nSPS) is 31.1. The SMILES string of the molecule is CC1(CNC(=O)N2CC(N)C3(CCC3)C2)CCOCC1. The summed E-state index contributed by atoms with van der Waals surface area (Å²) in [5, 5.41) is 3.12. The van der Waals surface area contributed by atoms with Gasteiger partial charge in [-0.2, -0.15) is 0 Å². The minimum atomic E-state index is 0.0666. The van der Waals surface area contributed by atoms with Gasteiger partial charge in [-0.3, -0.25) is 0 Å². The summed E-state index contributed by atoms with van der Waals surface area (Å²) < 4.78 is 5.40. The van der Waals surface area contributed by atoms with Crippen molar-refractivity contribution in [2.24, 2.45) is 16.6 Å². The first kappa shape index (κ1) is 14.1.